The molecule has 1 N–H and O–H groups in total. The molecule has 4 atom stereocenters. The van der Waals surface area contributed by atoms with E-state index >= 15 is 0 Å². The molecule has 17 heavy (non-hydrogen) atoms. The Kier molecular flexibility index (Phi) is 2.51. The van der Waals surface area contributed by atoms with Gasteiger partial charge in [-0.2, -0.15) is 0 Å². The Hall–Kier alpha value is -0.0900. The Labute approximate surface area is 117 Å². The van der Waals surface area contributed by atoms with E-state index in [1.807, 2.05) is 0 Å². The van der Waals surface area contributed by atoms with Crippen LogP contribution in [0.5, 0.6) is 0 Å². The maximum absolute atomic E-state index is 3.79. The first-order valence-electron chi connectivity index (χ1n) is 6.81. The van der Waals surface area contributed by atoms with Crippen molar-refractivity contribution in [2.75, 3.05) is 0 Å². The Morgan fingerprint density at radius 1 is 1.06 bits per heavy atom. The highest BCUT2D eigenvalue weighted by Gasteiger charge is 2.64. The molecule has 3 fully saturated rings. The molecule has 0 heterocycles. The van der Waals surface area contributed by atoms with Gasteiger partial charge in [-0.3, -0.25) is 0 Å². The second kappa shape index (κ2) is 3.95. The summed E-state index contributed by atoms with van der Waals surface area (Å²) >= 11 is 2.37. The smallest absolute Gasteiger partial charge is 0.0208 e. The summed E-state index contributed by atoms with van der Waals surface area (Å²) in [6, 6.07) is 9.77. The van der Waals surface area contributed by atoms with Crippen molar-refractivity contribution in [3.8, 4) is 0 Å². The Balaban J connectivity index is 1.37. The lowest BCUT2D eigenvalue weighted by Gasteiger charge is -2.10. The molecule has 1 aromatic rings. The summed E-state index contributed by atoms with van der Waals surface area (Å²) in [6.45, 7) is 1.06. The van der Waals surface area contributed by atoms with E-state index in [1.165, 1.54) is 22.0 Å². The fraction of sp³-hybridized carbons (Fsp3) is 0.600. The number of nitrogens with one attached hydrogen (secondary N) is 1. The molecule has 1 nitrogen and oxygen atoms in total. The molecule has 2 heteroatoms. The van der Waals surface area contributed by atoms with E-state index < -0.39 is 0 Å². The van der Waals surface area contributed by atoms with Crippen molar-refractivity contribution in [2.24, 2.45) is 23.7 Å². The zero-order valence-corrected chi connectivity index (χ0v) is 12.1. The lowest BCUT2D eigenvalue weighted by atomic mass is 10.0. The normalized spacial score (nSPS) is 41.6. The first-order valence-corrected chi connectivity index (χ1v) is 7.88. The summed E-state index contributed by atoms with van der Waals surface area (Å²) in [4.78, 5) is 0. The molecule has 0 spiro atoms. The lowest BCUT2D eigenvalue weighted by Crippen LogP contribution is -2.22. The molecule has 3 saturated carbocycles. The fourth-order valence-corrected chi connectivity index (χ4v) is 4.80. The van der Waals surface area contributed by atoms with E-state index in [1.54, 1.807) is 6.42 Å². The van der Waals surface area contributed by atoms with Gasteiger partial charge in [-0.05, 0) is 83.2 Å². The molecule has 0 aromatic heterocycles. The molecule has 0 amide bonds. The van der Waals surface area contributed by atoms with Crippen LogP contribution in [0.4, 0.5) is 0 Å². The average Bonchev–Trinajstić information content (AvgIpc) is 2.74. The van der Waals surface area contributed by atoms with Crippen molar-refractivity contribution in [2.45, 2.75) is 31.8 Å². The fourth-order valence-electron chi connectivity index (χ4n) is 4.44. The van der Waals surface area contributed by atoms with Crippen LogP contribution in [0, 0.1) is 27.2 Å². The molecular formula is C15H18IN. The number of halogens is 1. The van der Waals surface area contributed by atoms with E-state index in [9.17, 15) is 0 Å². The Morgan fingerprint density at radius 2 is 1.71 bits per heavy atom. The number of rotatable bonds is 3. The monoisotopic (exact) mass is 339 g/mol. The van der Waals surface area contributed by atoms with Crippen molar-refractivity contribution in [1.82, 2.24) is 5.32 Å². The van der Waals surface area contributed by atoms with Gasteiger partial charge in [-0.25, -0.2) is 0 Å². The zero-order valence-electron chi connectivity index (χ0n) is 9.90. The molecular weight excluding hydrogens is 321 g/mol. The van der Waals surface area contributed by atoms with Gasteiger partial charge in [-0.15, -0.1) is 0 Å². The molecule has 4 rings (SSSR count). The Bertz CT molecular complexity index is 411. The number of hydrogen-bond donors (Lipinski definition) is 1. The third-order valence-corrected chi connectivity index (χ3v) is 5.91. The lowest BCUT2D eigenvalue weighted by molar-refractivity contribution is 0.456. The van der Waals surface area contributed by atoms with Gasteiger partial charge in [0.2, 0.25) is 0 Å². The second-order valence-electron chi connectivity index (χ2n) is 6.02. The van der Waals surface area contributed by atoms with Crippen molar-refractivity contribution in [3.63, 3.8) is 0 Å². The summed E-state index contributed by atoms with van der Waals surface area (Å²) in [7, 11) is 0. The highest BCUT2D eigenvalue weighted by atomic mass is 127. The van der Waals surface area contributed by atoms with Crippen molar-refractivity contribution in [3.05, 3.63) is 33.4 Å². The zero-order chi connectivity index (χ0) is 11.4. The van der Waals surface area contributed by atoms with Gasteiger partial charge in [0.1, 0.15) is 0 Å². The standard InChI is InChI=1S/C15H18IN/c16-12-5-1-9(2-6-12)8-17-15-13-10-3-4-11(7-10)14(13)15/h1-2,5-6,10-11,13-15,17H,3-4,7-8H2. The summed E-state index contributed by atoms with van der Waals surface area (Å²) in [5.41, 5.74) is 1.43. The highest BCUT2D eigenvalue weighted by Crippen LogP contribution is 2.65. The minimum atomic E-state index is 0.862. The van der Waals surface area contributed by atoms with Gasteiger partial charge in [0.15, 0.2) is 0 Å². The van der Waals surface area contributed by atoms with Crippen LogP contribution >= 0.6 is 22.6 Å². The van der Waals surface area contributed by atoms with Crippen LogP contribution in [0.15, 0.2) is 24.3 Å². The predicted octanol–water partition coefficient (Wildman–Crippen LogP) is 3.43. The van der Waals surface area contributed by atoms with Crippen LogP contribution in [0.3, 0.4) is 0 Å². The van der Waals surface area contributed by atoms with E-state index in [0.717, 1.165) is 36.3 Å². The maximum Gasteiger partial charge on any atom is 0.0208 e. The van der Waals surface area contributed by atoms with Gasteiger partial charge in [0.25, 0.3) is 0 Å². The summed E-state index contributed by atoms with van der Waals surface area (Å²) in [5, 5.41) is 3.79. The van der Waals surface area contributed by atoms with Gasteiger partial charge >= 0.3 is 0 Å². The molecule has 90 valence electrons. The van der Waals surface area contributed by atoms with Crippen molar-refractivity contribution < 1.29 is 0 Å². The summed E-state index contributed by atoms with van der Waals surface area (Å²) in [5.74, 6) is 4.27. The maximum atomic E-state index is 3.79. The molecule has 1 aromatic carbocycles. The molecule has 4 unspecified atom stereocenters. The average molecular weight is 339 g/mol. The predicted molar refractivity (Wildman–Crippen MR) is 77.6 cm³/mol. The minimum Gasteiger partial charge on any atom is -0.309 e. The molecule has 0 saturated heterocycles. The largest absolute Gasteiger partial charge is 0.309 e. The first kappa shape index (κ1) is 10.8. The van der Waals surface area contributed by atoms with Crippen molar-refractivity contribution >= 4 is 22.6 Å². The quantitative estimate of drug-likeness (QED) is 0.832. The Morgan fingerprint density at radius 3 is 2.35 bits per heavy atom. The second-order valence-corrected chi connectivity index (χ2v) is 7.27. The van der Waals surface area contributed by atoms with Crippen LogP contribution in [-0.4, -0.2) is 6.04 Å². The van der Waals surface area contributed by atoms with Crippen LogP contribution < -0.4 is 5.32 Å². The number of hydrogen-bond acceptors (Lipinski definition) is 1. The SMILES string of the molecule is Ic1ccc(CNC2C3C4CCC(C4)C23)cc1. The van der Waals surface area contributed by atoms with E-state index in [2.05, 4.69) is 52.2 Å². The van der Waals surface area contributed by atoms with Crippen LogP contribution in [0.2, 0.25) is 0 Å². The van der Waals surface area contributed by atoms with Gasteiger partial charge in [0, 0.05) is 16.2 Å². The van der Waals surface area contributed by atoms with E-state index in [4.69, 9.17) is 0 Å². The van der Waals surface area contributed by atoms with Gasteiger partial charge in [0.05, 0.1) is 0 Å². The third-order valence-electron chi connectivity index (χ3n) is 5.19. The number of benzene rings is 1. The van der Waals surface area contributed by atoms with Crippen LogP contribution in [-0.2, 0) is 6.54 Å². The van der Waals surface area contributed by atoms with Crippen LogP contribution in [0.1, 0.15) is 24.8 Å². The molecule has 0 radical (unpaired) electrons. The highest BCUT2D eigenvalue weighted by molar-refractivity contribution is 14.1. The molecule has 3 aliphatic rings. The van der Waals surface area contributed by atoms with Crippen molar-refractivity contribution in [1.29, 1.82) is 0 Å². The third kappa shape index (κ3) is 1.75. The van der Waals surface area contributed by atoms with E-state index in [0.29, 0.717) is 0 Å². The molecule has 0 aliphatic heterocycles. The first-order chi connectivity index (χ1) is 8.33. The topological polar surface area (TPSA) is 12.0 Å². The minimum absolute atomic E-state index is 0.862. The van der Waals surface area contributed by atoms with Gasteiger partial charge in [-0.1, -0.05) is 12.1 Å². The van der Waals surface area contributed by atoms with Crippen LogP contribution in [0.25, 0.3) is 0 Å². The summed E-state index contributed by atoms with van der Waals surface area (Å²) < 4.78 is 1.33. The molecule has 2 bridgehead atoms. The van der Waals surface area contributed by atoms with Gasteiger partial charge < -0.3 is 5.32 Å². The number of fused-ring (bicyclic) bond motifs is 5. The summed E-state index contributed by atoms with van der Waals surface area (Å²) in [6.07, 6.45) is 4.60. The van der Waals surface area contributed by atoms with E-state index in [-0.39, 0.29) is 0 Å². The molecule has 3 aliphatic carbocycles.